The monoisotopic (exact) mass is 343 g/mol. The van der Waals surface area contributed by atoms with Gasteiger partial charge in [-0.15, -0.1) is 0 Å². The summed E-state index contributed by atoms with van der Waals surface area (Å²) in [4.78, 5) is 25.0. The molecule has 0 radical (unpaired) electrons. The molecule has 1 N–H and O–H groups in total. The third kappa shape index (κ3) is 5.30. The van der Waals surface area contributed by atoms with E-state index in [1.165, 1.54) is 12.0 Å². The van der Waals surface area contributed by atoms with E-state index in [1.54, 1.807) is 31.2 Å². The summed E-state index contributed by atoms with van der Waals surface area (Å²) >= 11 is 3.30. The highest BCUT2D eigenvalue weighted by molar-refractivity contribution is 9.10. The van der Waals surface area contributed by atoms with E-state index in [0.717, 1.165) is 4.47 Å². The van der Waals surface area contributed by atoms with E-state index in [2.05, 4.69) is 20.7 Å². The molecular weight excluding hydrogens is 326 g/mol. The summed E-state index contributed by atoms with van der Waals surface area (Å²) in [6.07, 6.45) is -0.557. The second-order valence-electron chi connectivity index (χ2n) is 4.43. The summed E-state index contributed by atoms with van der Waals surface area (Å²) < 4.78 is 5.44. The van der Waals surface area contributed by atoms with Gasteiger partial charge in [0, 0.05) is 23.1 Å². The lowest BCUT2D eigenvalue weighted by Crippen LogP contribution is -2.38. The van der Waals surface area contributed by atoms with Gasteiger partial charge in [-0.05, 0) is 31.2 Å². The van der Waals surface area contributed by atoms with Crippen LogP contribution in [0.1, 0.15) is 23.7 Å². The molecule has 1 amide bonds. The van der Waals surface area contributed by atoms with Crippen molar-refractivity contribution in [2.45, 2.75) is 19.4 Å². The number of amides is 1. The number of benzene rings is 1. The van der Waals surface area contributed by atoms with E-state index in [1.807, 2.05) is 0 Å². The van der Waals surface area contributed by atoms with Gasteiger partial charge in [0.1, 0.15) is 0 Å². The number of carbonyl (C=O) groups is 2. The molecule has 1 rings (SSSR count). The molecule has 0 spiro atoms. The number of methoxy groups -OCH3 is 1. The molecule has 20 heavy (non-hydrogen) atoms. The molecule has 0 fully saturated rings. The van der Waals surface area contributed by atoms with E-state index >= 15 is 0 Å². The number of halogens is 1. The van der Waals surface area contributed by atoms with Crippen LogP contribution >= 0.6 is 15.9 Å². The number of hydrogen-bond acceptors (Lipinski definition) is 4. The lowest BCUT2D eigenvalue weighted by molar-refractivity contribution is -0.140. The summed E-state index contributed by atoms with van der Waals surface area (Å²) in [6.45, 7) is 1.98. The van der Waals surface area contributed by atoms with Gasteiger partial charge in [-0.2, -0.15) is 0 Å². The number of esters is 1. The molecule has 0 aromatic heterocycles. The lowest BCUT2D eigenvalue weighted by Gasteiger charge is -2.23. The van der Waals surface area contributed by atoms with E-state index in [4.69, 9.17) is 0 Å². The zero-order valence-corrected chi connectivity index (χ0v) is 13.1. The van der Waals surface area contributed by atoms with Crippen LogP contribution in [0.25, 0.3) is 0 Å². The number of hydrogen-bond donors (Lipinski definition) is 1. The number of ether oxygens (including phenoxy) is 1. The van der Waals surface area contributed by atoms with Crippen molar-refractivity contribution in [3.05, 3.63) is 34.3 Å². The van der Waals surface area contributed by atoms with Gasteiger partial charge >= 0.3 is 5.97 Å². The Morgan fingerprint density at radius 2 is 1.95 bits per heavy atom. The Morgan fingerprint density at radius 3 is 2.45 bits per heavy atom. The molecule has 0 aliphatic carbocycles. The van der Waals surface area contributed by atoms with Crippen molar-refractivity contribution in [3.63, 3.8) is 0 Å². The highest BCUT2D eigenvalue weighted by atomic mass is 79.9. The van der Waals surface area contributed by atoms with Crippen LogP contribution in [0, 0.1) is 0 Å². The summed E-state index contributed by atoms with van der Waals surface area (Å²) in [7, 11) is 1.30. The first-order chi connectivity index (χ1) is 9.43. The van der Waals surface area contributed by atoms with E-state index < -0.39 is 6.10 Å². The number of aliphatic hydroxyl groups excluding tert-OH is 1. The number of nitrogens with zero attached hydrogens (tertiary/aromatic N) is 1. The normalized spacial score (nSPS) is 11.8. The minimum Gasteiger partial charge on any atom is -0.469 e. The van der Waals surface area contributed by atoms with Crippen molar-refractivity contribution < 1.29 is 19.4 Å². The predicted octanol–water partition coefficient (Wildman–Crippen LogP) is 1.84. The molecule has 0 aliphatic rings. The predicted molar refractivity (Wildman–Crippen MR) is 78.4 cm³/mol. The number of aliphatic hydroxyl groups is 1. The summed E-state index contributed by atoms with van der Waals surface area (Å²) in [5.74, 6) is -0.605. The van der Waals surface area contributed by atoms with Gasteiger partial charge in [0.15, 0.2) is 0 Å². The van der Waals surface area contributed by atoms with Crippen molar-refractivity contribution in [1.29, 1.82) is 0 Å². The van der Waals surface area contributed by atoms with Gasteiger partial charge in [0.2, 0.25) is 0 Å². The molecule has 5 nitrogen and oxygen atoms in total. The lowest BCUT2D eigenvalue weighted by atomic mass is 10.2. The van der Waals surface area contributed by atoms with Gasteiger partial charge in [-0.1, -0.05) is 15.9 Å². The van der Waals surface area contributed by atoms with Gasteiger partial charge in [0.25, 0.3) is 5.91 Å². The van der Waals surface area contributed by atoms with Crippen molar-refractivity contribution in [1.82, 2.24) is 4.90 Å². The molecule has 0 aliphatic heterocycles. The van der Waals surface area contributed by atoms with Crippen molar-refractivity contribution in [3.8, 4) is 0 Å². The zero-order chi connectivity index (χ0) is 15.1. The zero-order valence-electron chi connectivity index (χ0n) is 11.5. The Kier molecular flexibility index (Phi) is 6.67. The first-order valence-electron chi connectivity index (χ1n) is 6.23. The minimum atomic E-state index is -0.660. The molecule has 0 saturated heterocycles. The topological polar surface area (TPSA) is 66.8 Å². The second kappa shape index (κ2) is 8.01. The molecule has 0 heterocycles. The maximum Gasteiger partial charge on any atom is 0.307 e. The maximum atomic E-state index is 12.3. The molecule has 0 bridgehead atoms. The Morgan fingerprint density at radius 1 is 1.35 bits per heavy atom. The maximum absolute atomic E-state index is 12.3. The number of rotatable bonds is 6. The Hall–Kier alpha value is -1.40. The van der Waals surface area contributed by atoms with Crippen LogP contribution in [0.3, 0.4) is 0 Å². The average molecular weight is 344 g/mol. The van der Waals surface area contributed by atoms with E-state index in [9.17, 15) is 14.7 Å². The van der Waals surface area contributed by atoms with Crippen LogP contribution in [0.5, 0.6) is 0 Å². The van der Waals surface area contributed by atoms with E-state index in [-0.39, 0.29) is 31.4 Å². The van der Waals surface area contributed by atoms with Crippen LogP contribution in [0.2, 0.25) is 0 Å². The Labute approximate surface area is 126 Å². The Balaban J connectivity index is 2.78. The average Bonchev–Trinajstić information content (AvgIpc) is 2.42. The molecule has 1 atom stereocenters. The molecule has 1 unspecified atom stereocenters. The van der Waals surface area contributed by atoms with Crippen molar-refractivity contribution in [2.75, 3.05) is 20.2 Å². The molecule has 0 saturated carbocycles. The fourth-order valence-electron chi connectivity index (χ4n) is 1.70. The molecule has 110 valence electrons. The van der Waals surface area contributed by atoms with Gasteiger partial charge < -0.3 is 14.7 Å². The summed E-state index contributed by atoms with van der Waals surface area (Å²) in [5, 5.41) is 9.47. The van der Waals surface area contributed by atoms with Gasteiger partial charge in [0.05, 0.1) is 19.6 Å². The second-order valence-corrected chi connectivity index (χ2v) is 5.35. The molecular formula is C14H18BrNO4. The fraction of sp³-hybridized carbons (Fsp3) is 0.429. The smallest absolute Gasteiger partial charge is 0.307 e. The highest BCUT2D eigenvalue weighted by Crippen LogP contribution is 2.13. The van der Waals surface area contributed by atoms with Crippen LogP contribution < -0.4 is 0 Å². The van der Waals surface area contributed by atoms with Crippen molar-refractivity contribution >= 4 is 27.8 Å². The Bertz CT molecular complexity index is 459. The largest absolute Gasteiger partial charge is 0.469 e. The standard InChI is InChI=1S/C14H18BrNO4/c1-10(17)9-16(8-7-13(18)20-2)14(19)11-3-5-12(15)6-4-11/h3-6,10,17H,7-9H2,1-2H3. The fourth-order valence-corrected chi connectivity index (χ4v) is 1.96. The molecule has 1 aromatic rings. The quantitative estimate of drug-likeness (QED) is 0.800. The first kappa shape index (κ1) is 16.7. The summed E-state index contributed by atoms with van der Waals surface area (Å²) in [6, 6.07) is 6.93. The third-order valence-corrected chi connectivity index (χ3v) is 3.21. The van der Waals surface area contributed by atoms with Gasteiger partial charge in [-0.25, -0.2) is 0 Å². The molecule has 1 aromatic carbocycles. The number of carbonyl (C=O) groups excluding carboxylic acids is 2. The summed E-state index contributed by atoms with van der Waals surface area (Å²) in [5.41, 5.74) is 0.513. The van der Waals surface area contributed by atoms with Crippen LogP contribution in [-0.2, 0) is 9.53 Å². The third-order valence-electron chi connectivity index (χ3n) is 2.68. The minimum absolute atomic E-state index is 0.103. The van der Waals surface area contributed by atoms with Crippen LogP contribution in [-0.4, -0.2) is 48.2 Å². The van der Waals surface area contributed by atoms with E-state index in [0.29, 0.717) is 5.56 Å². The first-order valence-corrected chi connectivity index (χ1v) is 7.03. The highest BCUT2D eigenvalue weighted by Gasteiger charge is 2.18. The van der Waals surface area contributed by atoms with Crippen molar-refractivity contribution in [2.24, 2.45) is 0 Å². The molecule has 6 heteroatoms. The van der Waals surface area contributed by atoms with Crippen LogP contribution in [0.15, 0.2) is 28.7 Å². The SMILES string of the molecule is COC(=O)CCN(CC(C)O)C(=O)c1ccc(Br)cc1. The van der Waals surface area contributed by atoms with Gasteiger partial charge in [-0.3, -0.25) is 9.59 Å². The van der Waals surface area contributed by atoms with Crippen LogP contribution in [0.4, 0.5) is 0 Å².